The molecule has 11 nitrogen and oxygen atoms in total. The lowest BCUT2D eigenvalue weighted by molar-refractivity contribution is -0.138. The van der Waals surface area contributed by atoms with Gasteiger partial charge in [-0.2, -0.15) is 0 Å². The Morgan fingerprint density at radius 3 is 2.72 bits per heavy atom. The first-order chi connectivity index (χ1) is 11.7. The van der Waals surface area contributed by atoms with Gasteiger partial charge in [-0.3, -0.25) is 20.2 Å². The highest BCUT2D eigenvalue weighted by atomic mass is 32.1. The number of amides is 4. The van der Waals surface area contributed by atoms with Gasteiger partial charge in [0.25, 0.3) is 5.91 Å². The Kier molecular flexibility index (Phi) is 8.01. The quantitative estimate of drug-likeness (QED) is 0.207. The number of thiocarbonyl (C=S) groups is 1. The van der Waals surface area contributed by atoms with Gasteiger partial charge in [-0.15, -0.1) is 0 Å². The van der Waals surface area contributed by atoms with E-state index in [0.717, 1.165) is 0 Å². The van der Waals surface area contributed by atoms with E-state index in [0.29, 0.717) is 19.4 Å². The van der Waals surface area contributed by atoms with E-state index in [1.54, 1.807) is 0 Å². The van der Waals surface area contributed by atoms with E-state index >= 15 is 0 Å². The molecule has 25 heavy (non-hydrogen) atoms. The number of nitrogens with two attached hydrogens (primary N) is 3. The van der Waals surface area contributed by atoms with Crippen LogP contribution in [0.2, 0.25) is 0 Å². The molecule has 1 aliphatic heterocycles. The van der Waals surface area contributed by atoms with Gasteiger partial charge in [-0.05, 0) is 25.1 Å². The van der Waals surface area contributed by atoms with Crippen molar-refractivity contribution >= 4 is 41.1 Å². The first-order valence-corrected chi connectivity index (χ1v) is 8.07. The maximum atomic E-state index is 12.3. The molecule has 2 atom stereocenters. The Labute approximate surface area is 150 Å². The fraction of sp³-hybridized carbons (Fsp3) is 0.615. The summed E-state index contributed by atoms with van der Waals surface area (Å²) in [4.78, 5) is 40.3. The number of primary amides is 1. The van der Waals surface area contributed by atoms with E-state index in [9.17, 15) is 14.4 Å². The Morgan fingerprint density at radius 1 is 1.48 bits per heavy atom. The highest BCUT2D eigenvalue weighted by molar-refractivity contribution is 7.80. The van der Waals surface area contributed by atoms with Gasteiger partial charge >= 0.3 is 6.03 Å². The van der Waals surface area contributed by atoms with Crippen LogP contribution in [0.4, 0.5) is 4.79 Å². The van der Waals surface area contributed by atoms with E-state index in [1.165, 1.54) is 11.9 Å². The Hall–Kier alpha value is -2.47. The van der Waals surface area contributed by atoms with Crippen LogP contribution in [0.3, 0.4) is 0 Å². The second-order valence-corrected chi connectivity index (χ2v) is 6.03. The lowest BCUT2D eigenvalue weighted by Gasteiger charge is -2.30. The predicted octanol–water partition coefficient (Wildman–Crippen LogP) is -2.70. The summed E-state index contributed by atoms with van der Waals surface area (Å²) < 4.78 is 0. The van der Waals surface area contributed by atoms with Crippen molar-refractivity contribution in [1.29, 1.82) is 0 Å². The first-order valence-electron chi connectivity index (χ1n) is 7.67. The molecule has 4 amide bonds. The van der Waals surface area contributed by atoms with Crippen LogP contribution in [0.1, 0.15) is 19.3 Å². The minimum absolute atomic E-state index is 0.0246. The van der Waals surface area contributed by atoms with Gasteiger partial charge in [0, 0.05) is 26.1 Å². The molecule has 1 aliphatic rings. The minimum atomic E-state index is -0.835. The number of nitrogens with zero attached hydrogens (tertiary/aromatic N) is 2. The molecule has 0 aromatic carbocycles. The van der Waals surface area contributed by atoms with Crippen molar-refractivity contribution < 1.29 is 14.4 Å². The molecular formula is C13H24N8O3S. The number of rotatable bonds is 7. The predicted molar refractivity (Wildman–Crippen MR) is 96.3 cm³/mol. The van der Waals surface area contributed by atoms with E-state index in [2.05, 4.69) is 33.2 Å². The Bertz CT molecular complexity index is 567. The average molecular weight is 372 g/mol. The van der Waals surface area contributed by atoms with Crippen molar-refractivity contribution in [3.63, 3.8) is 0 Å². The summed E-state index contributed by atoms with van der Waals surface area (Å²) in [6.07, 6.45) is 1.42. The van der Waals surface area contributed by atoms with Crippen molar-refractivity contribution in [3.05, 3.63) is 0 Å². The van der Waals surface area contributed by atoms with Crippen molar-refractivity contribution in [3.8, 4) is 0 Å². The molecule has 0 aromatic heterocycles. The third-order valence-electron chi connectivity index (χ3n) is 3.56. The molecule has 12 heteroatoms. The van der Waals surface area contributed by atoms with Crippen LogP contribution in [-0.4, -0.2) is 66.0 Å². The summed E-state index contributed by atoms with van der Waals surface area (Å²) >= 11 is 4.69. The highest BCUT2D eigenvalue weighted by Gasteiger charge is 2.31. The topological polar surface area (TPSA) is 181 Å². The van der Waals surface area contributed by atoms with Crippen LogP contribution < -0.4 is 33.2 Å². The SMILES string of the molecule is CN(C(=O)C[C@@H](N)CCCNC(N)=S)[C@H]1CN=C(NC(N)=O)NC1=O. The summed E-state index contributed by atoms with van der Waals surface area (Å²) in [5.41, 5.74) is 16.2. The molecule has 0 bridgehead atoms. The van der Waals surface area contributed by atoms with Crippen molar-refractivity contribution in [1.82, 2.24) is 20.9 Å². The number of hydrogen-bond acceptors (Lipinski definition) is 6. The van der Waals surface area contributed by atoms with Crippen LogP contribution >= 0.6 is 12.2 Å². The lowest BCUT2D eigenvalue weighted by atomic mass is 10.1. The molecule has 0 unspecified atom stereocenters. The van der Waals surface area contributed by atoms with E-state index in [1.807, 2.05) is 0 Å². The minimum Gasteiger partial charge on any atom is -0.376 e. The number of likely N-dealkylation sites (N-methyl/N-ethyl adjacent to an activating group) is 1. The van der Waals surface area contributed by atoms with Crippen LogP contribution in [0.25, 0.3) is 0 Å². The molecule has 0 fully saturated rings. The van der Waals surface area contributed by atoms with Gasteiger partial charge in [0.05, 0.1) is 6.54 Å². The molecule has 0 spiro atoms. The number of aliphatic imine (C=N–C) groups is 1. The molecule has 9 N–H and O–H groups in total. The number of nitrogens with one attached hydrogen (secondary N) is 3. The summed E-state index contributed by atoms with van der Waals surface area (Å²) in [7, 11) is 1.51. The molecule has 140 valence electrons. The molecule has 0 aromatic rings. The van der Waals surface area contributed by atoms with Gasteiger partial charge in [0.2, 0.25) is 11.9 Å². The van der Waals surface area contributed by atoms with E-state index < -0.39 is 18.0 Å². The fourth-order valence-corrected chi connectivity index (χ4v) is 2.31. The zero-order valence-corrected chi connectivity index (χ0v) is 14.8. The van der Waals surface area contributed by atoms with Gasteiger partial charge < -0.3 is 27.4 Å². The number of guanidine groups is 1. The number of carbonyl (C=O) groups excluding carboxylic acids is 3. The third-order valence-corrected chi connectivity index (χ3v) is 3.70. The smallest absolute Gasteiger partial charge is 0.318 e. The van der Waals surface area contributed by atoms with Gasteiger partial charge in [-0.25, -0.2) is 9.79 Å². The van der Waals surface area contributed by atoms with Crippen LogP contribution in [-0.2, 0) is 9.59 Å². The fourth-order valence-electron chi connectivity index (χ4n) is 2.21. The summed E-state index contributed by atoms with van der Waals surface area (Å²) in [5.74, 6) is -0.753. The monoisotopic (exact) mass is 372 g/mol. The van der Waals surface area contributed by atoms with Crippen molar-refractivity contribution in [2.75, 3.05) is 20.1 Å². The van der Waals surface area contributed by atoms with Gasteiger partial charge in [0.15, 0.2) is 5.11 Å². The number of urea groups is 1. The van der Waals surface area contributed by atoms with Crippen LogP contribution in [0.5, 0.6) is 0 Å². The standard InChI is InChI=1S/C13H24N8O3S/c1-21(8-6-18-13(19-10(8)23)20-11(15)24)9(22)5-7(14)3-2-4-17-12(16)25/h7-8H,2-6,14H2,1H3,(H3,16,17,25)(H4,15,18,19,20,23,24)/t7-,8-/m0/s1. The molecule has 0 saturated heterocycles. The van der Waals surface area contributed by atoms with Crippen molar-refractivity contribution in [2.24, 2.45) is 22.2 Å². The summed E-state index contributed by atoms with van der Waals surface area (Å²) in [6, 6.07) is -1.95. The Balaban J connectivity index is 2.45. The molecule has 0 radical (unpaired) electrons. The largest absolute Gasteiger partial charge is 0.376 e. The zero-order valence-electron chi connectivity index (χ0n) is 13.9. The average Bonchev–Trinajstić information content (AvgIpc) is 2.50. The second kappa shape index (κ2) is 9.74. The lowest BCUT2D eigenvalue weighted by Crippen LogP contribution is -2.58. The highest BCUT2D eigenvalue weighted by Crippen LogP contribution is 2.07. The Morgan fingerprint density at radius 2 is 2.16 bits per heavy atom. The molecule has 1 heterocycles. The van der Waals surface area contributed by atoms with E-state index in [-0.39, 0.29) is 36.0 Å². The maximum absolute atomic E-state index is 12.3. The number of carbonyl (C=O) groups is 3. The third kappa shape index (κ3) is 7.30. The molecule has 0 saturated carbocycles. The zero-order chi connectivity index (χ0) is 19.0. The van der Waals surface area contributed by atoms with Crippen molar-refractivity contribution in [2.45, 2.75) is 31.3 Å². The maximum Gasteiger partial charge on any atom is 0.318 e. The number of hydrogen-bond donors (Lipinski definition) is 6. The first kappa shape index (κ1) is 20.6. The second-order valence-electron chi connectivity index (χ2n) is 5.59. The van der Waals surface area contributed by atoms with E-state index in [4.69, 9.17) is 17.2 Å². The molecule has 0 aliphatic carbocycles. The summed E-state index contributed by atoms with van der Waals surface area (Å²) in [5, 5.41) is 7.58. The molecular weight excluding hydrogens is 348 g/mol. The normalized spacial score (nSPS) is 17.8. The summed E-state index contributed by atoms with van der Waals surface area (Å²) in [6.45, 7) is 0.610. The van der Waals surface area contributed by atoms with Crippen LogP contribution in [0, 0.1) is 0 Å². The van der Waals surface area contributed by atoms with Gasteiger partial charge in [0.1, 0.15) is 6.04 Å². The molecule has 1 rings (SSSR count). The van der Waals surface area contributed by atoms with Crippen LogP contribution in [0.15, 0.2) is 4.99 Å². The van der Waals surface area contributed by atoms with Gasteiger partial charge in [-0.1, -0.05) is 0 Å².